The number of hydrogen-bond donors (Lipinski definition) is 1. The maximum atomic E-state index is 12.8. The van der Waals surface area contributed by atoms with Gasteiger partial charge in [-0.15, -0.1) is 0 Å². The third-order valence-corrected chi connectivity index (χ3v) is 14.3. The van der Waals surface area contributed by atoms with Crippen molar-refractivity contribution in [3.63, 3.8) is 0 Å². The lowest BCUT2D eigenvalue weighted by molar-refractivity contribution is -0.870. The van der Waals surface area contributed by atoms with E-state index >= 15 is 0 Å². The van der Waals surface area contributed by atoms with Gasteiger partial charge in [-0.1, -0.05) is 306 Å². The molecule has 1 N–H and O–H groups in total. The molecule has 2 atom stereocenters. The highest BCUT2D eigenvalue weighted by atomic mass is 16.7. The van der Waals surface area contributed by atoms with Crippen LogP contribution in [0.1, 0.15) is 296 Å². The summed E-state index contributed by atoms with van der Waals surface area (Å²) in [6.45, 7) is 4.68. The number of likely N-dealkylation sites (N-methyl/N-ethyl adjacent to an activating group) is 1. The number of rotatable bonds is 60. The number of carbonyl (C=O) groups is 3. The zero-order valence-electron chi connectivity index (χ0n) is 51.1. The largest absolute Gasteiger partial charge is 0.477 e. The molecule has 0 aromatic carbocycles. The molecule has 0 rings (SSSR count). The van der Waals surface area contributed by atoms with Gasteiger partial charge < -0.3 is 28.5 Å². The molecule has 0 heterocycles. The summed E-state index contributed by atoms with van der Waals surface area (Å²) in [6, 6.07) is 0. The Labute approximate surface area is 475 Å². The topological polar surface area (TPSA) is 108 Å². The molecule has 0 saturated carbocycles. The zero-order chi connectivity index (χ0) is 56.2. The summed E-state index contributed by atoms with van der Waals surface area (Å²) >= 11 is 0. The highest BCUT2D eigenvalue weighted by molar-refractivity contribution is 5.72. The van der Waals surface area contributed by atoms with Crippen LogP contribution >= 0.6 is 0 Å². The molecule has 0 fully saturated rings. The lowest BCUT2D eigenvalue weighted by Crippen LogP contribution is -2.40. The second-order valence-electron chi connectivity index (χ2n) is 23.1. The van der Waals surface area contributed by atoms with Crippen LogP contribution in [0.2, 0.25) is 0 Å². The van der Waals surface area contributed by atoms with E-state index < -0.39 is 24.3 Å². The van der Waals surface area contributed by atoms with Crippen LogP contribution < -0.4 is 0 Å². The highest BCUT2D eigenvalue weighted by Crippen LogP contribution is 2.18. The fourth-order valence-corrected chi connectivity index (χ4v) is 9.39. The van der Waals surface area contributed by atoms with Gasteiger partial charge in [-0.3, -0.25) is 9.59 Å². The SMILES string of the molecule is CC/C=C\C/C=C\C/C=C\C/C=C\C/C=C\CC(=O)OC(COC(=O)CCCCCCCCCCCCCCCCCCCCCCCCCCCCCCCCCCCCCCC)COC(OCC[N+](C)(C)C)C(=O)O. The molecule has 0 bridgehead atoms. The average molecular weight is 1080 g/mol. The monoisotopic (exact) mass is 1080 g/mol. The smallest absolute Gasteiger partial charge is 0.361 e. The Morgan fingerprint density at radius 1 is 0.403 bits per heavy atom. The van der Waals surface area contributed by atoms with Crippen LogP contribution in [0.15, 0.2) is 60.8 Å². The lowest BCUT2D eigenvalue weighted by atomic mass is 10.0. The van der Waals surface area contributed by atoms with Crippen molar-refractivity contribution in [2.75, 3.05) is 47.5 Å². The van der Waals surface area contributed by atoms with E-state index in [2.05, 4.69) is 56.4 Å². The van der Waals surface area contributed by atoms with E-state index in [9.17, 15) is 19.5 Å². The third kappa shape index (κ3) is 60.5. The summed E-state index contributed by atoms with van der Waals surface area (Å²) in [5, 5.41) is 9.69. The molecule has 9 nitrogen and oxygen atoms in total. The van der Waals surface area contributed by atoms with Crippen LogP contribution in [0, 0.1) is 0 Å². The molecule has 0 radical (unpaired) electrons. The first-order chi connectivity index (χ1) is 37.6. The van der Waals surface area contributed by atoms with Crippen molar-refractivity contribution in [1.82, 2.24) is 0 Å². The molecule has 2 unspecified atom stereocenters. The number of nitrogens with zero attached hydrogens (tertiary/aromatic N) is 1. The maximum absolute atomic E-state index is 12.8. The van der Waals surface area contributed by atoms with E-state index in [1.54, 1.807) is 6.08 Å². The minimum absolute atomic E-state index is 0.0279. The van der Waals surface area contributed by atoms with Gasteiger partial charge in [-0.25, -0.2) is 4.79 Å². The number of aliphatic carboxylic acids is 1. The van der Waals surface area contributed by atoms with Crippen molar-refractivity contribution in [3.05, 3.63) is 60.8 Å². The normalized spacial score (nSPS) is 13.1. The summed E-state index contributed by atoms with van der Waals surface area (Å²) in [5.41, 5.74) is 0. The maximum Gasteiger partial charge on any atom is 0.361 e. The van der Waals surface area contributed by atoms with Crippen molar-refractivity contribution in [3.8, 4) is 0 Å². The molecular formula is C68H124NO8+. The fourth-order valence-electron chi connectivity index (χ4n) is 9.39. The zero-order valence-corrected chi connectivity index (χ0v) is 51.1. The molecule has 448 valence electrons. The van der Waals surface area contributed by atoms with Crippen molar-refractivity contribution >= 4 is 17.9 Å². The van der Waals surface area contributed by atoms with Crippen LogP contribution in [-0.4, -0.2) is 87.4 Å². The van der Waals surface area contributed by atoms with Crippen molar-refractivity contribution < 1.29 is 42.9 Å². The van der Waals surface area contributed by atoms with Crippen LogP contribution in [0.5, 0.6) is 0 Å². The molecule has 0 amide bonds. The number of carbonyl (C=O) groups excluding carboxylic acids is 2. The van der Waals surface area contributed by atoms with E-state index in [-0.39, 0.29) is 38.6 Å². The van der Waals surface area contributed by atoms with Gasteiger partial charge in [0.05, 0.1) is 40.8 Å². The Balaban J connectivity index is 3.99. The number of allylic oxidation sites excluding steroid dienone is 9. The molecule has 0 aliphatic carbocycles. The van der Waals surface area contributed by atoms with Gasteiger partial charge in [0.2, 0.25) is 0 Å². The van der Waals surface area contributed by atoms with Crippen LogP contribution in [0.3, 0.4) is 0 Å². The first-order valence-corrected chi connectivity index (χ1v) is 32.5. The molecule has 0 aromatic rings. The predicted molar refractivity (Wildman–Crippen MR) is 327 cm³/mol. The summed E-state index contributed by atoms with van der Waals surface area (Å²) in [7, 11) is 5.94. The van der Waals surface area contributed by atoms with Gasteiger partial charge in [0.1, 0.15) is 13.2 Å². The molecule has 0 aliphatic rings. The number of ether oxygens (including phenoxy) is 4. The minimum Gasteiger partial charge on any atom is -0.477 e. The van der Waals surface area contributed by atoms with Gasteiger partial charge in [-0.05, 0) is 38.5 Å². The van der Waals surface area contributed by atoms with Gasteiger partial charge in [0, 0.05) is 6.42 Å². The van der Waals surface area contributed by atoms with Gasteiger partial charge >= 0.3 is 17.9 Å². The predicted octanol–water partition coefficient (Wildman–Crippen LogP) is 19.6. The lowest BCUT2D eigenvalue weighted by Gasteiger charge is -2.25. The summed E-state index contributed by atoms with van der Waals surface area (Å²) < 4.78 is 22.7. The quantitative estimate of drug-likeness (QED) is 0.0211. The summed E-state index contributed by atoms with van der Waals surface area (Å²) in [5.74, 6) is -2.16. The molecule has 0 aliphatic heterocycles. The number of carboxylic acid groups (broad SMARTS) is 1. The van der Waals surface area contributed by atoms with E-state index in [1.807, 2.05) is 33.3 Å². The summed E-state index contributed by atoms with van der Waals surface area (Å²) in [4.78, 5) is 37.3. The van der Waals surface area contributed by atoms with Gasteiger partial charge in [0.15, 0.2) is 6.10 Å². The molecular weight excluding hydrogens is 959 g/mol. The van der Waals surface area contributed by atoms with Gasteiger partial charge in [0.25, 0.3) is 6.29 Å². The average Bonchev–Trinajstić information content (AvgIpc) is 3.40. The number of esters is 2. The van der Waals surface area contributed by atoms with E-state index in [0.29, 0.717) is 17.4 Å². The van der Waals surface area contributed by atoms with Crippen molar-refractivity contribution in [2.45, 2.75) is 309 Å². The highest BCUT2D eigenvalue weighted by Gasteiger charge is 2.25. The summed E-state index contributed by atoms with van der Waals surface area (Å²) in [6.07, 6.45) is 74.0. The fraction of sp³-hybridized carbons (Fsp3) is 0.809. The first-order valence-electron chi connectivity index (χ1n) is 32.5. The number of carboxylic acids is 1. The second kappa shape index (κ2) is 59.1. The molecule has 0 saturated heterocycles. The Morgan fingerprint density at radius 3 is 1.05 bits per heavy atom. The van der Waals surface area contributed by atoms with E-state index in [0.717, 1.165) is 44.9 Å². The van der Waals surface area contributed by atoms with Crippen LogP contribution in [-0.2, 0) is 33.3 Å². The Hall–Kier alpha value is -3.01. The Kier molecular flexibility index (Phi) is 56.8. The standard InChI is InChI=1S/C68H123NO8/c1-6-8-10-12-14-16-18-20-22-23-24-25-26-27-28-29-30-31-32-33-34-35-36-37-38-39-40-41-42-43-45-46-48-50-52-54-56-58-65(70)75-62-64(63-76-68(67(72)73)74-61-60-69(3,4)5)77-66(71)59-57-55-53-51-49-47-44-21-19-17-15-13-11-9-7-2/h9,11,15,17,21,44,49,51,55,57,64,68H,6-8,10,12-14,16,18-20,22-43,45-48,50,52-54,56,58-63H2,1-5H3/p+1/b11-9-,17-15-,44-21-,51-49-,57-55-. The molecule has 0 spiro atoms. The van der Waals surface area contributed by atoms with E-state index in [1.165, 1.54) is 218 Å². The Morgan fingerprint density at radius 2 is 0.727 bits per heavy atom. The first kappa shape index (κ1) is 74.0. The third-order valence-electron chi connectivity index (χ3n) is 14.3. The molecule has 0 aromatic heterocycles. The van der Waals surface area contributed by atoms with Gasteiger partial charge in [-0.2, -0.15) is 0 Å². The number of unbranched alkanes of at least 4 members (excludes halogenated alkanes) is 36. The van der Waals surface area contributed by atoms with Crippen LogP contribution in [0.4, 0.5) is 0 Å². The second-order valence-corrected chi connectivity index (χ2v) is 23.1. The number of quaternary nitrogens is 1. The van der Waals surface area contributed by atoms with Crippen molar-refractivity contribution in [1.29, 1.82) is 0 Å². The van der Waals surface area contributed by atoms with E-state index in [4.69, 9.17) is 18.9 Å². The Bertz CT molecular complexity index is 1450. The van der Waals surface area contributed by atoms with Crippen molar-refractivity contribution in [2.24, 2.45) is 0 Å². The minimum atomic E-state index is -1.54. The van der Waals surface area contributed by atoms with Crippen LogP contribution in [0.25, 0.3) is 0 Å². The molecule has 9 heteroatoms. The molecule has 77 heavy (non-hydrogen) atoms. The number of hydrogen-bond acceptors (Lipinski definition) is 7.